The molecule has 0 fully saturated rings. The lowest BCUT2D eigenvalue weighted by atomic mass is 10.0. The van der Waals surface area contributed by atoms with Gasteiger partial charge in [0.25, 0.3) is 0 Å². The van der Waals surface area contributed by atoms with E-state index < -0.39 is 15.7 Å². The van der Waals surface area contributed by atoms with Crippen molar-refractivity contribution in [1.82, 2.24) is 0 Å². The van der Waals surface area contributed by atoms with Crippen LogP contribution in [0.3, 0.4) is 0 Å². The van der Waals surface area contributed by atoms with E-state index >= 15 is 0 Å². The maximum absolute atomic E-state index is 13.3. The fourth-order valence-electron chi connectivity index (χ4n) is 2.73. The fourth-order valence-corrected chi connectivity index (χ4v) is 4.04. The summed E-state index contributed by atoms with van der Waals surface area (Å²) in [6, 6.07) is 9.84. The monoisotopic (exact) mass is 335 g/mol. The van der Waals surface area contributed by atoms with E-state index in [-0.39, 0.29) is 15.9 Å². The predicted octanol–water partition coefficient (Wildman–Crippen LogP) is 2.70. The van der Waals surface area contributed by atoms with E-state index in [1.165, 1.54) is 24.3 Å². The summed E-state index contributed by atoms with van der Waals surface area (Å²) >= 11 is 0. The molecule has 6 heteroatoms. The highest BCUT2D eigenvalue weighted by Gasteiger charge is 2.24. The van der Waals surface area contributed by atoms with Gasteiger partial charge in [0, 0.05) is 0 Å². The lowest BCUT2D eigenvalue weighted by molar-refractivity contribution is 0.166. The minimum Gasteiger partial charge on any atom is -0.490 e. The van der Waals surface area contributed by atoms with Crippen molar-refractivity contribution >= 4 is 9.84 Å². The second-order valence-corrected chi connectivity index (χ2v) is 7.54. The fraction of sp³-hybridized carbons (Fsp3) is 0.294. The quantitative estimate of drug-likeness (QED) is 0.933. The maximum atomic E-state index is 13.3. The Balaban J connectivity index is 1.97. The zero-order valence-electron chi connectivity index (χ0n) is 12.5. The highest BCUT2D eigenvalue weighted by atomic mass is 32.2. The Morgan fingerprint density at radius 3 is 2.70 bits per heavy atom. The molecule has 0 saturated carbocycles. The lowest BCUT2D eigenvalue weighted by Gasteiger charge is -2.26. The molecule has 23 heavy (non-hydrogen) atoms. The SMILES string of the molecule is NCCC1CCc2ccc(S(=O)(=O)c3cccc(F)c3)cc2O1. The van der Waals surface area contributed by atoms with Crippen LogP contribution in [0, 0.1) is 5.82 Å². The molecular formula is C17H18FNO3S. The van der Waals surface area contributed by atoms with Gasteiger partial charge in [-0.05, 0) is 61.7 Å². The molecule has 1 heterocycles. The molecule has 0 spiro atoms. The third-order valence-electron chi connectivity index (χ3n) is 3.97. The molecule has 0 radical (unpaired) electrons. The second kappa shape index (κ2) is 6.29. The van der Waals surface area contributed by atoms with Crippen molar-refractivity contribution < 1.29 is 17.5 Å². The number of halogens is 1. The molecule has 2 N–H and O–H groups in total. The summed E-state index contributed by atoms with van der Waals surface area (Å²) in [6.45, 7) is 0.529. The van der Waals surface area contributed by atoms with Gasteiger partial charge in [0.05, 0.1) is 9.79 Å². The molecule has 2 aromatic rings. The van der Waals surface area contributed by atoms with Crippen molar-refractivity contribution in [2.24, 2.45) is 5.73 Å². The molecule has 0 aliphatic carbocycles. The molecule has 2 aromatic carbocycles. The van der Waals surface area contributed by atoms with E-state index in [9.17, 15) is 12.8 Å². The van der Waals surface area contributed by atoms with Gasteiger partial charge < -0.3 is 10.5 Å². The summed E-state index contributed by atoms with van der Waals surface area (Å²) in [5, 5.41) is 0. The van der Waals surface area contributed by atoms with Gasteiger partial charge >= 0.3 is 0 Å². The number of rotatable bonds is 4. The number of sulfone groups is 1. The summed E-state index contributed by atoms with van der Waals surface area (Å²) in [7, 11) is -3.77. The van der Waals surface area contributed by atoms with Crippen molar-refractivity contribution in [1.29, 1.82) is 0 Å². The molecule has 0 bridgehead atoms. The van der Waals surface area contributed by atoms with Crippen LogP contribution in [0.4, 0.5) is 4.39 Å². The topological polar surface area (TPSA) is 69.4 Å². The molecule has 1 aliphatic rings. The van der Waals surface area contributed by atoms with Gasteiger partial charge in [-0.15, -0.1) is 0 Å². The van der Waals surface area contributed by atoms with Crippen LogP contribution in [0.2, 0.25) is 0 Å². The van der Waals surface area contributed by atoms with Crippen molar-refractivity contribution in [3.05, 3.63) is 53.8 Å². The number of nitrogens with two attached hydrogens (primary N) is 1. The van der Waals surface area contributed by atoms with Crippen LogP contribution in [0.5, 0.6) is 5.75 Å². The highest BCUT2D eigenvalue weighted by Crippen LogP contribution is 2.32. The van der Waals surface area contributed by atoms with Crippen LogP contribution >= 0.6 is 0 Å². The minimum atomic E-state index is -3.77. The number of hydrogen-bond donors (Lipinski definition) is 1. The van der Waals surface area contributed by atoms with Gasteiger partial charge in [-0.1, -0.05) is 12.1 Å². The van der Waals surface area contributed by atoms with E-state index in [1.807, 2.05) is 0 Å². The van der Waals surface area contributed by atoms with Crippen LogP contribution in [-0.2, 0) is 16.3 Å². The number of fused-ring (bicyclic) bond motifs is 1. The van der Waals surface area contributed by atoms with Crippen molar-refractivity contribution in [3.8, 4) is 5.75 Å². The van der Waals surface area contributed by atoms with Crippen LogP contribution in [0.1, 0.15) is 18.4 Å². The van der Waals surface area contributed by atoms with Gasteiger partial charge in [0.15, 0.2) is 0 Å². The highest BCUT2D eigenvalue weighted by molar-refractivity contribution is 7.91. The van der Waals surface area contributed by atoms with E-state index in [0.29, 0.717) is 12.3 Å². The van der Waals surface area contributed by atoms with Crippen LogP contribution in [0.25, 0.3) is 0 Å². The first-order chi connectivity index (χ1) is 11.0. The third-order valence-corrected chi connectivity index (χ3v) is 5.72. The Morgan fingerprint density at radius 2 is 1.96 bits per heavy atom. The van der Waals surface area contributed by atoms with E-state index in [0.717, 1.165) is 30.9 Å². The molecule has 4 nitrogen and oxygen atoms in total. The molecule has 1 aliphatic heterocycles. The zero-order chi connectivity index (χ0) is 16.4. The number of hydrogen-bond acceptors (Lipinski definition) is 4. The average Bonchev–Trinajstić information content (AvgIpc) is 2.54. The summed E-state index contributed by atoms with van der Waals surface area (Å²) in [5.41, 5.74) is 6.54. The standard InChI is InChI=1S/C17H18FNO3S/c18-13-2-1-3-15(10-13)23(20,21)16-7-5-12-4-6-14(8-9-19)22-17(12)11-16/h1-3,5,7,10-11,14H,4,6,8-9,19H2. The zero-order valence-corrected chi connectivity index (χ0v) is 13.4. The molecule has 122 valence electrons. The van der Waals surface area contributed by atoms with Gasteiger partial charge in [0.1, 0.15) is 17.7 Å². The predicted molar refractivity (Wildman–Crippen MR) is 84.7 cm³/mol. The van der Waals surface area contributed by atoms with E-state index in [1.54, 1.807) is 12.1 Å². The van der Waals surface area contributed by atoms with Gasteiger partial charge in [-0.3, -0.25) is 0 Å². The number of ether oxygens (including phenoxy) is 1. The molecule has 3 rings (SSSR count). The van der Waals surface area contributed by atoms with E-state index in [4.69, 9.17) is 10.5 Å². The Labute approximate surface area is 135 Å². The average molecular weight is 335 g/mol. The molecule has 0 amide bonds. The van der Waals surface area contributed by atoms with Gasteiger partial charge in [-0.2, -0.15) is 0 Å². The smallest absolute Gasteiger partial charge is 0.206 e. The Bertz CT molecular complexity index is 820. The molecule has 1 atom stereocenters. The Morgan fingerprint density at radius 1 is 1.17 bits per heavy atom. The first-order valence-electron chi connectivity index (χ1n) is 7.51. The summed E-state index contributed by atoms with van der Waals surface area (Å²) < 4.78 is 44.4. The van der Waals surface area contributed by atoms with E-state index in [2.05, 4.69) is 0 Å². The summed E-state index contributed by atoms with van der Waals surface area (Å²) in [4.78, 5) is 0.0435. The van der Waals surface area contributed by atoms with Crippen molar-refractivity contribution in [2.45, 2.75) is 35.2 Å². The Kier molecular flexibility index (Phi) is 4.37. The lowest BCUT2D eigenvalue weighted by Crippen LogP contribution is -2.25. The Hall–Kier alpha value is -1.92. The van der Waals surface area contributed by atoms with Crippen molar-refractivity contribution in [3.63, 3.8) is 0 Å². The normalized spacial score (nSPS) is 17.4. The summed E-state index contributed by atoms with van der Waals surface area (Å²) in [6.07, 6.45) is 2.46. The second-order valence-electron chi connectivity index (χ2n) is 5.59. The molecule has 1 unspecified atom stereocenters. The van der Waals surface area contributed by atoms with Crippen LogP contribution in [0.15, 0.2) is 52.3 Å². The minimum absolute atomic E-state index is 0.0135. The molecule has 0 saturated heterocycles. The number of aryl methyl sites for hydroxylation is 1. The summed E-state index contributed by atoms with van der Waals surface area (Å²) in [5.74, 6) is -0.00419. The maximum Gasteiger partial charge on any atom is 0.206 e. The van der Waals surface area contributed by atoms with Gasteiger partial charge in [-0.25, -0.2) is 12.8 Å². The molecular weight excluding hydrogens is 317 g/mol. The van der Waals surface area contributed by atoms with Crippen molar-refractivity contribution in [2.75, 3.05) is 6.54 Å². The third kappa shape index (κ3) is 3.23. The molecule has 0 aromatic heterocycles. The number of benzene rings is 2. The van der Waals surface area contributed by atoms with Crippen LogP contribution in [-0.4, -0.2) is 21.1 Å². The first-order valence-corrected chi connectivity index (χ1v) is 8.99. The van der Waals surface area contributed by atoms with Gasteiger partial charge in [0.2, 0.25) is 9.84 Å². The first kappa shape index (κ1) is 16.0. The van der Waals surface area contributed by atoms with Crippen LogP contribution < -0.4 is 10.5 Å². The largest absolute Gasteiger partial charge is 0.490 e.